The van der Waals surface area contributed by atoms with E-state index in [1.54, 1.807) is 10.1 Å². The van der Waals surface area contributed by atoms with Gasteiger partial charge in [0.1, 0.15) is 0 Å². The number of rotatable bonds is 0. The first kappa shape index (κ1) is 41.3. The second kappa shape index (κ2) is 56.6. The molecule has 0 aliphatic heterocycles. The summed E-state index contributed by atoms with van der Waals surface area (Å²) in [5.41, 5.74) is 0. The summed E-state index contributed by atoms with van der Waals surface area (Å²) in [7, 11) is 1.72. The second-order valence-corrected chi connectivity index (χ2v) is 0. The van der Waals surface area contributed by atoms with Gasteiger partial charge < -0.3 is 11.0 Å². The van der Waals surface area contributed by atoms with Crippen LogP contribution in [0.2, 0.25) is 0 Å². The molecule has 0 saturated heterocycles. The van der Waals surface area contributed by atoms with Gasteiger partial charge in [-0.25, -0.2) is 0 Å². The Morgan fingerprint density at radius 1 is 1.00 bits per heavy atom. The van der Waals surface area contributed by atoms with Gasteiger partial charge in [-0.1, -0.05) is 0 Å². The van der Waals surface area contributed by atoms with E-state index in [2.05, 4.69) is 0 Å². The zero-order valence-corrected chi connectivity index (χ0v) is 9.93. The maximum Gasteiger partial charge on any atom is 4.00 e. The van der Waals surface area contributed by atoms with Crippen LogP contribution in [0.25, 0.3) is 0 Å². The molecule has 0 unspecified atom stereocenters. The van der Waals surface area contributed by atoms with Crippen LogP contribution in [0.1, 0.15) is 0 Å². The Morgan fingerprint density at radius 2 is 1.00 bits per heavy atom. The minimum atomic E-state index is 0. The van der Waals surface area contributed by atoms with Gasteiger partial charge in [0, 0.05) is 0 Å². The molecule has 0 heterocycles. The van der Waals surface area contributed by atoms with Crippen LogP contribution in [0.5, 0.6) is 0 Å². The van der Waals surface area contributed by atoms with Crippen LogP contribution >= 0.6 is 0 Å². The van der Waals surface area contributed by atoms with Gasteiger partial charge in [-0.2, -0.15) is 0 Å². The largest absolute Gasteiger partial charge is 4.00 e. The standard InChI is InChI=1S/Ba.OSi.2O.Ti/c;1-2;;;/q2*+2;2*-2;+4. The molecular formula is BaO3SiTi+4. The maximum atomic E-state index is 8.06. The average Bonchev–Trinajstić information content (AvgIpc) is 1.00. The zero-order valence-electron chi connectivity index (χ0n) is 2.93. The Labute approximate surface area is 94.3 Å². The van der Waals surface area contributed by atoms with E-state index in [0.29, 0.717) is 0 Å². The molecule has 6 heteroatoms. The van der Waals surface area contributed by atoms with Crippen LogP contribution in [-0.2, 0) is 37.1 Å². The van der Waals surface area contributed by atoms with Crippen molar-refractivity contribution < 1.29 is 37.1 Å². The monoisotopic (exact) mass is 262 g/mol. The van der Waals surface area contributed by atoms with E-state index in [4.69, 9.17) is 4.46 Å². The molecule has 0 aliphatic rings. The van der Waals surface area contributed by atoms with Crippen molar-refractivity contribution in [1.29, 1.82) is 0 Å². The first-order chi connectivity index (χ1) is 1.00. The predicted molar refractivity (Wildman–Crippen MR) is 13.6 cm³/mol. The molecule has 0 aromatic rings. The summed E-state index contributed by atoms with van der Waals surface area (Å²) < 4.78 is 8.06. The average molecular weight is 261 g/mol. The topological polar surface area (TPSA) is 74.1 Å². The molecular weight excluding hydrogens is 261 g/mol. The molecule has 0 radical (unpaired) electrons. The molecule has 0 spiro atoms. The Morgan fingerprint density at radius 3 is 1.00 bits per heavy atom. The van der Waals surface area contributed by atoms with Crippen molar-refractivity contribution in [3.63, 3.8) is 0 Å². The Balaban J connectivity index is -0.000000000833. The Kier molecular flexibility index (Phi) is 390. The van der Waals surface area contributed by atoms with Crippen molar-refractivity contribution in [3.8, 4) is 0 Å². The van der Waals surface area contributed by atoms with Gasteiger partial charge in [0.05, 0.1) is 0 Å². The minimum Gasteiger partial charge on any atom is -2.00 e. The van der Waals surface area contributed by atoms with Crippen molar-refractivity contribution in [2.24, 2.45) is 0 Å². The number of hydrogen-bond acceptors (Lipinski definition) is 1. The van der Waals surface area contributed by atoms with Gasteiger partial charge in [0.2, 0.25) is 0 Å². The third-order valence-electron chi connectivity index (χ3n) is 0. The van der Waals surface area contributed by atoms with Crippen molar-refractivity contribution in [1.82, 2.24) is 0 Å². The summed E-state index contributed by atoms with van der Waals surface area (Å²) in [6.45, 7) is 0. The maximum absolute atomic E-state index is 8.06. The predicted octanol–water partition coefficient (Wildman–Crippen LogP) is -1.12. The van der Waals surface area contributed by atoms with Crippen LogP contribution in [-0.4, -0.2) is 59.0 Å². The molecule has 0 amide bonds. The summed E-state index contributed by atoms with van der Waals surface area (Å²) in [6.07, 6.45) is 0. The van der Waals surface area contributed by atoms with Gasteiger partial charge in [-0.3, -0.25) is 0 Å². The van der Waals surface area contributed by atoms with Crippen molar-refractivity contribution in [3.05, 3.63) is 0 Å². The summed E-state index contributed by atoms with van der Waals surface area (Å²) in [5, 5.41) is 0. The molecule has 6 heavy (non-hydrogen) atoms. The van der Waals surface area contributed by atoms with E-state index in [1.807, 2.05) is 0 Å². The zero-order chi connectivity index (χ0) is 2.00. The van der Waals surface area contributed by atoms with Crippen LogP contribution in [0.3, 0.4) is 0 Å². The van der Waals surface area contributed by atoms with Crippen LogP contribution in [0.15, 0.2) is 0 Å². The number of hydrogen-bond donors (Lipinski definition) is 0. The molecule has 24 valence electrons. The fourth-order valence-corrected chi connectivity index (χ4v) is 0. The van der Waals surface area contributed by atoms with Crippen molar-refractivity contribution >= 4 is 59.0 Å². The summed E-state index contributed by atoms with van der Waals surface area (Å²) in [6, 6.07) is 0. The van der Waals surface area contributed by atoms with Crippen LogP contribution in [0, 0.1) is 0 Å². The second-order valence-electron chi connectivity index (χ2n) is 0. The van der Waals surface area contributed by atoms with Gasteiger partial charge in [-0.15, -0.1) is 0 Å². The summed E-state index contributed by atoms with van der Waals surface area (Å²) in [5.74, 6) is 0. The fraction of sp³-hybridized carbons (Fsp3) is 0. The minimum absolute atomic E-state index is 0. The third kappa shape index (κ3) is 34.4. The van der Waals surface area contributed by atoms with Crippen LogP contribution in [0.4, 0.5) is 0 Å². The Bertz CT molecular complexity index is 10.8. The summed E-state index contributed by atoms with van der Waals surface area (Å²) in [4.78, 5) is 0. The first-order valence-electron chi connectivity index (χ1n) is 0.204. The van der Waals surface area contributed by atoms with E-state index < -0.39 is 0 Å². The van der Waals surface area contributed by atoms with Crippen molar-refractivity contribution in [2.45, 2.75) is 0 Å². The fourth-order valence-electron chi connectivity index (χ4n) is 0. The molecule has 3 nitrogen and oxygen atoms in total. The molecule has 0 N–H and O–H groups in total. The SMILES string of the molecule is O=[Si+2].[Ba+2].[O-2].[O-2].[Ti+4]. The van der Waals surface area contributed by atoms with E-state index in [0.717, 1.165) is 0 Å². The van der Waals surface area contributed by atoms with Gasteiger partial charge in [0.15, 0.2) is 0 Å². The van der Waals surface area contributed by atoms with Gasteiger partial charge in [0.25, 0.3) is 0 Å². The quantitative estimate of drug-likeness (QED) is 0.509. The molecule has 0 aliphatic carbocycles. The molecule has 0 rings (SSSR count). The van der Waals surface area contributed by atoms with Crippen LogP contribution < -0.4 is 0 Å². The van der Waals surface area contributed by atoms with Crippen molar-refractivity contribution in [2.75, 3.05) is 0 Å². The molecule has 0 aromatic heterocycles. The molecule has 0 bridgehead atoms. The van der Waals surface area contributed by atoms with E-state index in [-0.39, 0.29) is 81.6 Å². The summed E-state index contributed by atoms with van der Waals surface area (Å²) >= 11 is 0. The third-order valence-corrected chi connectivity index (χ3v) is 0. The molecule has 0 saturated carbocycles. The molecule has 0 fully saturated rings. The van der Waals surface area contributed by atoms with E-state index in [9.17, 15) is 0 Å². The van der Waals surface area contributed by atoms with E-state index in [1.165, 1.54) is 0 Å². The smallest absolute Gasteiger partial charge is 2.00 e. The molecule has 0 atom stereocenters. The first-order valence-corrected chi connectivity index (χ1v) is 0.612. The van der Waals surface area contributed by atoms with E-state index >= 15 is 0 Å². The normalized spacial score (nSPS) is 1.00. The Hall–Kier alpha value is 2.22. The molecule has 0 aromatic carbocycles. The van der Waals surface area contributed by atoms with Gasteiger partial charge >= 0.3 is 85.2 Å². The van der Waals surface area contributed by atoms with Gasteiger partial charge in [-0.05, 0) is 0 Å².